The highest BCUT2D eigenvalue weighted by Crippen LogP contribution is 2.19. The number of hydrogen-bond acceptors (Lipinski definition) is 4. The Labute approximate surface area is 88.0 Å². The van der Waals surface area contributed by atoms with Crippen LogP contribution in [-0.4, -0.2) is 8.42 Å². The van der Waals surface area contributed by atoms with Crippen molar-refractivity contribution in [3.63, 3.8) is 0 Å². The first kappa shape index (κ1) is 11.5. The van der Waals surface area contributed by atoms with Gasteiger partial charge in [0, 0.05) is 0 Å². The molecule has 0 unspecified atom stereocenters. The second-order valence-electron chi connectivity index (χ2n) is 2.75. The third-order valence-electron chi connectivity index (χ3n) is 1.81. The molecule has 1 aromatic carbocycles. The minimum absolute atomic E-state index is 0. The summed E-state index contributed by atoms with van der Waals surface area (Å²) in [6, 6.07) is 11.2. The number of benzene rings is 1. The Hall–Kier alpha value is -1.59. The molecule has 0 bridgehead atoms. The molecule has 0 saturated carbocycles. The van der Waals surface area contributed by atoms with E-state index in [4.69, 9.17) is 4.42 Å². The molecule has 0 aliphatic carbocycles. The van der Waals surface area contributed by atoms with Crippen LogP contribution in [0.25, 0.3) is 0 Å². The molecule has 80 valence electrons. The first-order chi connectivity index (χ1) is 6.71. The van der Waals surface area contributed by atoms with Crippen molar-refractivity contribution in [1.82, 2.24) is 6.15 Å². The van der Waals surface area contributed by atoms with E-state index < -0.39 is 9.84 Å². The average Bonchev–Trinajstić information content (AvgIpc) is 2.72. The van der Waals surface area contributed by atoms with Crippen molar-refractivity contribution in [1.29, 1.82) is 0 Å². The lowest BCUT2D eigenvalue weighted by molar-refractivity contribution is 0.450. The van der Waals surface area contributed by atoms with Crippen LogP contribution in [-0.2, 0) is 9.84 Å². The molecule has 0 radical (unpaired) electrons. The van der Waals surface area contributed by atoms with Gasteiger partial charge >= 0.3 is 0 Å². The lowest BCUT2D eigenvalue weighted by atomic mass is 10.4. The quantitative estimate of drug-likeness (QED) is 0.849. The summed E-state index contributed by atoms with van der Waals surface area (Å²) in [6.45, 7) is 0. The van der Waals surface area contributed by atoms with Gasteiger partial charge in [-0.25, -0.2) is 8.42 Å². The molecule has 5 heteroatoms. The fraction of sp³-hybridized carbons (Fsp3) is 0. The van der Waals surface area contributed by atoms with Gasteiger partial charge < -0.3 is 10.6 Å². The molecule has 4 nitrogen and oxygen atoms in total. The maximum Gasteiger partial charge on any atom is 0.239 e. The van der Waals surface area contributed by atoms with Gasteiger partial charge in [-0.2, -0.15) is 0 Å². The molecule has 0 aliphatic heterocycles. The average molecular weight is 225 g/mol. The fourth-order valence-electron chi connectivity index (χ4n) is 1.13. The van der Waals surface area contributed by atoms with E-state index in [1.807, 2.05) is 0 Å². The molecule has 2 rings (SSSR count). The Morgan fingerprint density at radius 1 is 0.933 bits per heavy atom. The zero-order chi connectivity index (χ0) is 10.0. The van der Waals surface area contributed by atoms with E-state index in [2.05, 4.69) is 0 Å². The summed E-state index contributed by atoms with van der Waals surface area (Å²) in [7, 11) is -3.46. The van der Waals surface area contributed by atoms with Gasteiger partial charge in [-0.05, 0) is 24.3 Å². The van der Waals surface area contributed by atoms with E-state index in [9.17, 15) is 8.42 Å². The molecule has 0 saturated heterocycles. The van der Waals surface area contributed by atoms with Crippen LogP contribution in [0.2, 0.25) is 0 Å². The zero-order valence-corrected chi connectivity index (χ0v) is 8.78. The SMILES string of the molecule is N.O=S(=O)(c1ccccc1)c1ccco1. The van der Waals surface area contributed by atoms with Crippen LogP contribution in [0.15, 0.2) is 63.1 Å². The summed E-state index contributed by atoms with van der Waals surface area (Å²) in [5.74, 6) is 0. The molecule has 0 fully saturated rings. The van der Waals surface area contributed by atoms with Crippen LogP contribution in [0.1, 0.15) is 0 Å². The molecular weight excluding hydrogens is 214 g/mol. The third-order valence-corrected chi connectivity index (χ3v) is 3.47. The van der Waals surface area contributed by atoms with Gasteiger partial charge in [0.2, 0.25) is 14.9 Å². The van der Waals surface area contributed by atoms with E-state index in [-0.39, 0.29) is 16.1 Å². The Balaban J connectivity index is 0.00000112. The lowest BCUT2D eigenvalue weighted by Crippen LogP contribution is -1.99. The van der Waals surface area contributed by atoms with Gasteiger partial charge in [-0.1, -0.05) is 18.2 Å². The second-order valence-corrected chi connectivity index (χ2v) is 4.63. The summed E-state index contributed by atoms with van der Waals surface area (Å²) in [6.07, 6.45) is 1.34. The van der Waals surface area contributed by atoms with Crippen LogP contribution in [0.3, 0.4) is 0 Å². The van der Waals surface area contributed by atoms with E-state index in [0.717, 1.165) is 0 Å². The van der Waals surface area contributed by atoms with Crippen LogP contribution < -0.4 is 6.15 Å². The summed E-state index contributed by atoms with van der Waals surface area (Å²) in [4.78, 5) is 0.245. The van der Waals surface area contributed by atoms with Crippen molar-refractivity contribution in [2.75, 3.05) is 0 Å². The van der Waals surface area contributed by atoms with Crippen molar-refractivity contribution in [3.05, 3.63) is 48.7 Å². The Kier molecular flexibility index (Phi) is 3.28. The molecule has 3 N–H and O–H groups in total. The van der Waals surface area contributed by atoms with Crippen molar-refractivity contribution in [2.24, 2.45) is 0 Å². The van der Waals surface area contributed by atoms with E-state index in [0.29, 0.717) is 0 Å². The first-order valence-electron chi connectivity index (χ1n) is 4.05. The lowest BCUT2D eigenvalue weighted by Gasteiger charge is -1.99. The highest BCUT2D eigenvalue weighted by Gasteiger charge is 2.19. The normalized spacial score (nSPS) is 10.7. The summed E-state index contributed by atoms with van der Waals surface area (Å²) >= 11 is 0. The van der Waals surface area contributed by atoms with Gasteiger partial charge in [-0.3, -0.25) is 0 Å². The number of sulfone groups is 1. The van der Waals surface area contributed by atoms with Crippen molar-refractivity contribution in [2.45, 2.75) is 9.99 Å². The monoisotopic (exact) mass is 225 g/mol. The highest BCUT2D eigenvalue weighted by atomic mass is 32.2. The van der Waals surface area contributed by atoms with Gasteiger partial charge in [0.25, 0.3) is 0 Å². The molecule has 1 heterocycles. The topological polar surface area (TPSA) is 82.3 Å². The maximum absolute atomic E-state index is 11.8. The molecule has 0 aliphatic rings. The van der Waals surface area contributed by atoms with Crippen molar-refractivity contribution >= 4 is 9.84 Å². The summed E-state index contributed by atoms with van der Waals surface area (Å²) in [5, 5.41) is -0.0244. The largest absolute Gasteiger partial charge is 0.453 e. The molecule has 0 spiro atoms. The summed E-state index contributed by atoms with van der Waals surface area (Å²) in [5.41, 5.74) is 0. The van der Waals surface area contributed by atoms with Gasteiger partial charge in [0.05, 0.1) is 11.2 Å². The maximum atomic E-state index is 11.8. The Morgan fingerprint density at radius 3 is 2.13 bits per heavy atom. The second kappa shape index (κ2) is 4.29. The zero-order valence-electron chi connectivity index (χ0n) is 7.96. The predicted octanol–water partition coefficient (Wildman–Crippen LogP) is 2.27. The molecular formula is C10H11NO3S. The van der Waals surface area contributed by atoms with Gasteiger partial charge in [-0.15, -0.1) is 0 Å². The molecule has 0 amide bonds. The molecule has 15 heavy (non-hydrogen) atoms. The molecule has 2 aromatic rings. The number of rotatable bonds is 2. The van der Waals surface area contributed by atoms with Crippen LogP contribution in [0, 0.1) is 0 Å². The Bertz CT molecular complexity index is 503. The van der Waals surface area contributed by atoms with Crippen molar-refractivity contribution < 1.29 is 12.8 Å². The third kappa shape index (κ3) is 2.08. The predicted molar refractivity (Wildman–Crippen MR) is 55.6 cm³/mol. The van der Waals surface area contributed by atoms with Crippen molar-refractivity contribution in [3.8, 4) is 0 Å². The highest BCUT2D eigenvalue weighted by molar-refractivity contribution is 7.91. The smallest absolute Gasteiger partial charge is 0.239 e. The van der Waals surface area contributed by atoms with Crippen LogP contribution in [0.4, 0.5) is 0 Å². The summed E-state index contributed by atoms with van der Waals surface area (Å²) < 4.78 is 28.5. The van der Waals surface area contributed by atoms with Crippen LogP contribution in [0.5, 0.6) is 0 Å². The minimum Gasteiger partial charge on any atom is -0.453 e. The Morgan fingerprint density at radius 2 is 1.60 bits per heavy atom. The number of furan rings is 1. The van der Waals surface area contributed by atoms with Gasteiger partial charge in [0.15, 0.2) is 0 Å². The van der Waals surface area contributed by atoms with Gasteiger partial charge in [0.1, 0.15) is 0 Å². The van der Waals surface area contributed by atoms with E-state index in [1.165, 1.54) is 24.5 Å². The minimum atomic E-state index is -3.46. The number of hydrogen-bond donors (Lipinski definition) is 1. The molecule has 1 aromatic heterocycles. The van der Waals surface area contributed by atoms with E-state index in [1.54, 1.807) is 24.3 Å². The fourth-order valence-corrected chi connectivity index (χ4v) is 2.32. The molecule has 0 atom stereocenters. The van der Waals surface area contributed by atoms with Crippen LogP contribution >= 0.6 is 0 Å². The standard InChI is InChI=1S/C10H8O3S.H3N/c11-14(12,10-7-4-8-13-10)9-5-2-1-3-6-9;/h1-8H;1H3. The van der Waals surface area contributed by atoms with E-state index >= 15 is 0 Å². The first-order valence-corrected chi connectivity index (χ1v) is 5.53.